The molecule has 0 heterocycles. The van der Waals surface area contributed by atoms with Gasteiger partial charge in [-0.25, -0.2) is 0 Å². The zero-order chi connectivity index (χ0) is 9.12. The van der Waals surface area contributed by atoms with Crippen LogP contribution in [0.2, 0.25) is 32.7 Å². The van der Waals surface area contributed by atoms with Gasteiger partial charge in [-0.1, -0.05) is 39.7 Å². The van der Waals surface area contributed by atoms with Crippen LogP contribution in [0.25, 0.3) is 0 Å². The maximum absolute atomic E-state index is 2.54. The Morgan fingerprint density at radius 1 is 1.00 bits per heavy atom. The van der Waals surface area contributed by atoms with Crippen molar-refractivity contribution in [3.8, 4) is 0 Å². The van der Waals surface area contributed by atoms with E-state index in [0.29, 0.717) is 0 Å². The van der Waals surface area contributed by atoms with Gasteiger partial charge in [0.2, 0.25) is 0 Å². The summed E-state index contributed by atoms with van der Waals surface area (Å²) >= 11 is 2.29. The smallest absolute Gasteiger partial charge is 0.102 e. The molecule has 0 bridgehead atoms. The van der Waals surface area contributed by atoms with E-state index in [1.807, 2.05) is 0 Å². The van der Waals surface area contributed by atoms with Crippen molar-refractivity contribution < 1.29 is 0 Å². The Balaban J connectivity index is 4.00. The summed E-state index contributed by atoms with van der Waals surface area (Å²) in [6.45, 7) is 14.0. The Morgan fingerprint density at radius 3 is 1.73 bits per heavy atom. The van der Waals surface area contributed by atoms with Crippen LogP contribution in [0.15, 0.2) is 0 Å². The molecule has 0 nitrogen and oxygen atoms in total. The van der Waals surface area contributed by atoms with E-state index in [2.05, 4.69) is 50.9 Å². The Labute approximate surface area is 77.6 Å². The van der Waals surface area contributed by atoms with Gasteiger partial charge in [0.15, 0.2) is 0 Å². The van der Waals surface area contributed by atoms with Crippen LogP contribution >= 0.6 is 11.2 Å². The molecule has 3 heteroatoms. The van der Waals surface area contributed by atoms with Crippen molar-refractivity contribution in [1.29, 1.82) is 0 Å². The molecule has 0 N–H and O–H groups in total. The van der Waals surface area contributed by atoms with E-state index < -0.39 is 14.3 Å². The van der Waals surface area contributed by atoms with Crippen LogP contribution in [0.3, 0.4) is 0 Å². The third-order valence-electron chi connectivity index (χ3n) is 2.47. The molecule has 0 amide bonds. The van der Waals surface area contributed by atoms with Gasteiger partial charge in [0, 0.05) is 0 Å². The van der Waals surface area contributed by atoms with Gasteiger partial charge in [0.05, 0.1) is 7.59 Å². The van der Waals surface area contributed by atoms with Crippen molar-refractivity contribution in [3.63, 3.8) is 0 Å². The first-order valence-electron chi connectivity index (χ1n) is 4.45. The highest BCUT2D eigenvalue weighted by atomic mass is 32.4. The average molecular weight is 207 g/mol. The summed E-state index contributed by atoms with van der Waals surface area (Å²) in [5.74, 6) is 1.38. The summed E-state index contributed by atoms with van der Waals surface area (Å²) in [6.07, 6.45) is 1.34. The quantitative estimate of drug-likeness (QED) is 0.631. The first-order valence-corrected chi connectivity index (χ1v) is 13.7. The predicted molar refractivity (Wildman–Crippen MR) is 63.6 cm³/mol. The lowest BCUT2D eigenvalue weighted by Crippen LogP contribution is -2.49. The molecule has 0 atom stereocenters. The predicted octanol–water partition coefficient (Wildman–Crippen LogP) is 3.75. The first-order chi connectivity index (χ1) is 4.81. The summed E-state index contributed by atoms with van der Waals surface area (Å²) in [5.41, 5.74) is 0. The zero-order valence-electron chi connectivity index (χ0n) is 8.82. The van der Waals surface area contributed by atoms with Crippen molar-refractivity contribution in [3.05, 3.63) is 0 Å². The topological polar surface area (TPSA) is 0 Å². The van der Waals surface area contributed by atoms with Crippen LogP contribution in [0.1, 0.15) is 13.3 Å². The van der Waals surface area contributed by atoms with Crippen LogP contribution < -0.4 is 0 Å². The molecule has 68 valence electrons. The molecule has 0 aliphatic carbocycles. The van der Waals surface area contributed by atoms with E-state index in [9.17, 15) is 0 Å². The molecular weight excluding hydrogens is 184 g/mol. The molecule has 0 aliphatic heterocycles. The average Bonchev–Trinajstić information content (AvgIpc) is 1.81. The van der Waals surface area contributed by atoms with Crippen LogP contribution in [-0.4, -0.2) is 20.1 Å². The third-order valence-corrected chi connectivity index (χ3v) is 27.8. The number of hydrogen-bond donors (Lipinski definition) is 0. The second kappa shape index (κ2) is 4.14. The first kappa shape index (κ1) is 11.8. The molecule has 0 aliphatic rings. The molecule has 0 saturated carbocycles. The molecule has 0 rings (SSSR count). The van der Waals surface area contributed by atoms with Crippen LogP contribution in [0.5, 0.6) is 0 Å². The lowest BCUT2D eigenvalue weighted by atomic mass is 10.6. The van der Waals surface area contributed by atoms with Gasteiger partial charge in [-0.15, -0.1) is 0 Å². The van der Waals surface area contributed by atoms with Crippen molar-refractivity contribution in [2.24, 2.45) is 0 Å². The van der Waals surface area contributed by atoms with E-state index >= 15 is 0 Å². The Morgan fingerprint density at radius 2 is 1.45 bits per heavy atom. The summed E-state index contributed by atoms with van der Waals surface area (Å²) in [7, 11) is -0.820. The maximum Gasteiger partial charge on any atom is 0.102 e. The Kier molecular flexibility index (Phi) is 4.44. The fourth-order valence-corrected chi connectivity index (χ4v) is 9.98. The molecule has 0 saturated heterocycles. The Bertz CT molecular complexity index is 116. The summed E-state index contributed by atoms with van der Waals surface area (Å²) in [5, 5.41) is 0. The lowest BCUT2D eigenvalue weighted by molar-refractivity contribution is 1.11. The minimum atomic E-state index is -0.870. The van der Waals surface area contributed by atoms with Gasteiger partial charge in [-0.2, -0.15) is 11.2 Å². The standard InChI is InChI=1S/C8H22SSi2/c1-7-8-9-11(5,6)10(2,3)4/h7-8H2,1-6H3. The van der Waals surface area contributed by atoms with Gasteiger partial charge in [0.25, 0.3) is 0 Å². The molecule has 0 aromatic carbocycles. The fraction of sp³-hybridized carbons (Fsp3) is 1.00. The SMILES string of the molecule is CCCS[Si](C)(C)[Si](C)(C)C. The molecule has 0 unspecified atom stereocenters. The maximum atomic E-state index is 2.54. The molecule has 0 spiro atoms. The van der Waals surface area contributed by atoms with E-state index in [4.69, 9.17) is 0 Å². The molecule has 0 radical (unpaired) electrons. The molecule has 0 fully saturated rings. The van der Waals surface area contributed by atoms with Gasteiger partial charge < -0.3 is 0 Å². The Hall–Kier alpha value is 0.784. The van der Waals surface area contributed by atoms with Gasteiger partial charge in [0.1, 0.15) is 6.74 Å². The van der Waals surface area contributed by atoms with E-state index in [0.717, 1.165) is 0 Å². The van der Waals surface area contributed by atoms with Crippen LogP contribution in [0.4, 0.5) is 0 Å². The lowest BCUT2D eigenvalue weighted by Gasteiger charge is -2.34. The van der Waals surface area contributed by atoms with Crippen molar-refractivity contribution >= 4 is 25.5 Å². The van der Waals surface area contributed by atoms with Crippen LogP contribution in [0, 0.1) is 0 Å². The molecule has 11 heavy (non-hydrogen) atoms. The van der Waals surface area contributed by atoms with Gasteiger partial charge in [-0.05, 0) is 12.2 Å². The summed E-state index contributed by atoms with van der Waals surface area (Å²) < 4.78 is 0. The van der Waals surface area contributed by atoms with E-state index in [1.54, 1.807) is 0 Å². The monoisotopic (exact) mass is 206 g/mol. The summed E-state index contributed by atoms with van der Waals surface area (Å²) in [4.78, 5) is 0. The second-order valence-electron chi connectivity index (χ2n) is 4.61. The van der Waals surface area contributed by atoms with Crippen LogP contribution in [-0.2, 0) is 0 Å². The minimum Gasteiger partial charge on any atom is -0.189 e. The highest BCUT2D eigenvalue weighted by molar-refractivity contribution is 8.35. The summed E-state index contributed by atoms with van der Waals surface area (Å²) in [6, 6.07) is 0. The second-order valence-corrected chi connectivity index (χ2v) is 26.1. The minimum absolute atomic E-state index is 0.820. The van der Waals surface area contributed by atoms with Crippen molar-refractivity contribution in [2.45, 2.75) is 46.1 Å². The number of rotatable bonds is 4. The zero-order valence-corrected chi connectivity index (χ0v) is 11.6. The molecule has 0 aromatic rings. The third kappa shape index (κ3) is 3.81. The molecular formula is C8H22SSi2. The van der Waals surface area contributed by atoms with Crippen molar-refractivity contribution in [1.82, 2.24) is 0 Å². The number of hydrogen-bond acceptors (Lipinski definition) is 1. The largest absolute Gasteiger partial charge is 0.189 e. The van der Waals surface area contributed by atoms with Gasteiger partial charge >= 0.3 is 0 Å². The van der Waals surface area contributed by atoms with E-state index in [-0.39, 0.29) is 0 Å². The molecule has 0 aromatic heterocycles. The highest BCUT2D eigenvalue weighted by Gasteiger charge is 2.36. The van der Waals surface area contributed by atoms with E-state index in [1.165, 1.54) is 12.2 Å². The van der Waals surface area contributed by atoms with Gasteiger partial charge in [-0.3, -0.25) is 0 Å². The normalized spacial score (nSPS) is 13.6. The van der Waals surface area contributed by atoms with Crippen molar-refractivity contribution in [2.75, 3.05) is 5.75 Å². The highest BCUT2D eigenvalue weighted by Crippen LogP contribution is 2.30. The fourth-order valence-electron chi connectivity index (χ4n) is 0.574.